The van der Waals surface area contributed by atoms with E-state index in [1.165, 1.54) is 7.11 Å². The number of benzene rings is 3. The van der Waals surface area contributed by atoms with Gasteiger partial charge in [0.25, 0.3) is 11.8 Å². The molecule has 150 valence electrons. The molecule has 0 aliphatic rings. The van der Waals surface area contributed by atoms with Crippen LogP contribution in [-0.2, 0) is 0 Å². The van der Waals surface area contributed by atoms with E-state index in [4.69, 9.17) is 9.15 Å². The number of furan rings is 1. The summed E-state index contributed by atoms with van der Waals surface area (Å²) >= 11 is 3.35. The molecule has 1 heterocycles. The molecular formula is C23H17BrN2O4. The van der Waals surface area contributed by atoms with E-state index in [-0.39, 0.29) is 11.7 Å². The number of ether oxygens (including phenoxy) is 1. The summed E-state index contributed by atoms with van der Waals surface area (Å²) in [6.45, 7) is 0. The van der Waals surface area contributed by atoms with Gasteiger partial charge < -0.3 is 19.8 Å². The Balaban J connectivity index is 1.51. The summed E-state index contributed by atoms with van der Waals surface area (Å²) in [5, 5.41) is 6.45. The average molecular weight is 465 g/mol. The first-order chi connectivity index (χ1) is 14.5. The fraction of sp³-hybridized carbons (Fsp3) is 0.0435. The largest absolute Gasteiger partial charge is 0.494 e. The summed E-state index contributed by atoms with van der Waals surface area (Å²) in [7, 11) is 1.49. The molecule has 0 saturated heterocycles. The van der Waals surface area contributed by atoms with Crippen molar-refractivity contribution in [1.29, 1.82) is 0 Å². The molecular weight excluding hydrogens is 448 g/mol. The second-order valence-electron chi connectivity index (χ2n) is 6.48. The van der Waals surface area contributed by atoms with Crippen molar-refractivity contribution in [2.24, 2.45) is 0 Å². The van der Waals surface area contributed by atoms with Crippen molar-refractivity contribution in [2.45, 2.75) is 0 Å². The van der Waals surface area contributed by atoms with Crippen LogP contribution >= 0.6 is 15.9 Å². The summed E-state index contributed by atoms with van der Waals surface area (Å²) in [5.41, 5.74) is 2.16. The van der Waals surface area contributed by atoms with Gasteiger partial charge in [-0.3, -0.25) is 9.59 Å². The third-order valence-corrected chi connectivity index (χ3v) is 4.94. The number of hydrogen-bond donors (Lipinski definition) is 2. The van der Waals surface area contributed by atoms with E-state index in [2.05, 4.69) is 26.6 Å². The van der Waals surface area contributed by atoms with Gasteiger partial charge in [-0.1, -0.05) is 40.2 Å². The number of hydrogen-bond acceptors (Lipinski definition) is 4. The van der Waals surface area contributed by atoms with E-state index in [0.29, 0.717) is 28.3 Å². The van der Waals surface area contributed by atoms with Crippen molar-refractivity contribution in [1.82, 2.24) is 0 Å². The maximum absolute atomic E-state index is 12.6. The van der Waals surface area contributed by atoms with Crippen LogP contribution in [0.4, 0.5) is 11.4 Å². The maximum atomic E-state index is 12.6. The Morgan fingerprint density at radius 3 is 2.50 bits per heavy atom. The van der Waals surface area contributed by atoms with Crippen molar-refractivity contribution in [3.05, 3.63) is 88.6 Å². The van der Waals surface area contributed by atoms with Gasteiger partial charge >= 0.3 is 0 Å². The lowest BCUT2D eigenvalue weighted by molar-refractivity contribution is 0.0996. The Kier molecular flexibility index (Phi) is 5.54. The standard InChI is InChI=1S/C23H17BrN2O4/c1-29-20-13-17(25-22(27)15-6-4-7-16(24)11-15)9-10-18(20)26-23(28)21-12-14-5-2-3-8-19(14)30-21/h2-13H,1H3,(H,25,27)(H,26,28). The topological polar surface area (TPSA) is 80.6 Å². The Labute approximate surface area is 181 Å². The third-order valence-electron chi connectivity index (χ3n) is 4.44. The Bertz CT molecular complexity index is 1220. The number of amides is 2. The van der Waals surface area contributed by atoms with Crippen LogP contribution in [0.1, 0.15) is 20.9 Å². The van der Waals surface area contributed by atoms with E-state index in [9.17, 15) is 9.59 Å². The Morgan fingerprint density at radius 1 is 0.900 bits per heavy atom. The van der Waals surface area contributed by atoms with E-state index in [1.54, 1.807) is 48.5 Å². The Hall–Kier alpha value is -3.58. The highest BCUT2D eigenvalue weighted by Gasteiger charge is 2.15. The van der Waals surface area contributed by atoms with Crippen LogP contribution in [0.2, 0.25) is 0 Å². The molecule has 3 aromatic carbocycles. The van der Waals surface area contributed by atoms with Crippen LogP contribution in [0, 0.1) is 0 Å². The van der Waals surface area contributed by atoms with E-state index in [0.717, 1.165) is 9.86 Å². The number of carbonyl (C=O) groups excluding carboxylic acids is 2. The number of rotatable bonds is 5. The first kappa shape index (κ1) is 19.7. The molecule has 0 saturated carbocycles. The minimum absolute atomic E-state index is 0.199. The molecule has 0 aliphatic carbocycles. The number of methoxy groups -OCH3 is 1. The van der Waals surface area contributed by atoms with Gasteiger partial charge in [0.1, 0.15) is 11.3 Å². The lowest BCUT2D eigenvalue weighted by atomic mass is 10.2. The maximum Gasteiger partial charge on any atom is 0.291 e. The van der Waals surface area contributed by atoms with Gasteiger partial charge in [0.15, 0.2) is 5.76 Å². The zero-order valence-corrected chi connectivity index (χ0v) is 17.5. The number of carbonyl (C=O) groups is 2. The summed E-state index contributed by atoms with van der Waals surface area (Å²) in [5.74, 6) is -0.0374. The van der Waals surface area contributed by atoms with Gasteiger partial charge in [-0.05, 0) is 42.5 Å². The van der Waals surface area contributed by atoms with Gasteiger partial charge in [0.05, 0.1) is 12.8 Å². The lowest BCUT2D eigenvalue weighted by Gasteiger charge is -2.12. The predicted octanol–water partition coefficient (Wildman–Crippen LogP) is 5.71. The van der Waals surface area contributed by atoms with E-state index in [1.807, 2.05) is 24.3 Å². The molecule has 30 heavy (non-hydrogen) atoms. The fourth-order valence-corrected chi connectivity index (χ4v) is 3.38. The van der Waals surface area contributed by atoms with Crippen molar-refractivity contribution < 1.29 is 18.7 Å². The van der Waals surface area contributed by atoms with Gasteiger partial charge in [-0.25, -0.2) is 0 Å². The summed E-state index contributed by atoms with van der Waals surface area (Å²) in [4.78, 5) is 25.0. The number of para-hydroxylation sites is 1. The van der Waals surface area contributed by atoms with Crippen LogP contribution in [0.3, 0.4) is 0 Å². The van der Waals surface area contributed by atoms with Gasteiger partial charge in [0, 0.05) is 27.2 Å². The van der Waals surface area contributed by atoms with Gasteiger partial charge in [-0.2, -0.15) is 0 Å². The molecule has 7 heteroatoms. The molecule has 2 N–H and O–H groups in total. The molecule has 0 fully saturated rings. The third kappa shape index (κ3) is 4.21. The molecule has 0 spiro atoms. The molecule has 4 rings (SSSR count). The summed E-state index contributed by atoms with van der Waals surface area (Å²) in [6, 6.07) is 21.2. The average Bonchev–Trinajstić information content (AvgIpc) is 3.19. The van der Waals surface area contributed by atoms with E-state index < -0.39 is 5.91 Å². The molecule has 2 amide bonds. The van der Waals surface area contributed by atoms with Crippen LogP contribution in [-0.4, -0.2) is 18.9 Å². The van der Waals surface area contributed by atoms with Crippen molar-refractivity contribution in [2.75, 3.05) is 17.7 Å². The normalized spacial score (nSPS) is 10.6. The summed E-state index contributed by atoms with van der Waals surface area (Å²) < 4.78 is 11.8. The second-order valence-corrected chi connectivity index (χ2v) is 7.40. The predicted molar refractivity (Wildman–Crippen MR) is 119 cm³/mol. The molecule has 6 nitrogen and oxygen atoms in total. The molecule has 0 aliphatic heterocycles. The van der Waals surface area contributed by atoms with Crippen LogP contribution in [0.5, 0.6) is 5.75 Å². The lowest BCUT2D eigenvalue weighted by Crippen LogP contribution is -2.13. The van der Waals surface area contributed by atoms with Gasteiger partial charge in [-0.15, -0.1) is 0 Å². The quantitative estimate of drug-likeness (QED) is 0.396. The van der Waals surface area contributed by atoms with Crippen LogP contribution in [0.15, 0.2) is 81.7 Å². The summed E-state index contributed by atoms with van der Waals surface area (Å²) in [6.07, 6.45) is 0. The zero-order valence-electron chi connectivity index (χ0n) is 15.9. The van der Waals surface area contributed by atoms with Crippen molar-refractivity contribution >= 4 is 50.1 Å². The molecule has 0 radical (unpaired) electrons. The highest BCUT2D eigenvalue weighted by atomic mass is 79.9. The zero-order chi connectivity index (χ0) is 21.1. The SMILES string of the molecule is COc1cc(NC(=O)c2cccc(Br)c2)ccc1NC(=O)c1cc2ccccc2o1. The smallest absolute Gasteiger partial charge is 0.291 e. The molecule has 0 bridgehead atoms. The molecule has 1 aromatic heterocycles. The fourth-order valence-electron chi connectivity index (χ4n) is 2.98. The minimum atomic E-state index is -0.393. The molecule has 0 atom stereocenters. The molecule has 0 unspecified atom stereocenters. The first-order valence-corrected chi connectivity index (χ1v) is 9.87. The number of nitrogens with one attached hydrogen (secondary N) is 2. The minimum Gasteiger partial charge on any atom is -0.494 e. The molecule has 4 aromatic rings. The van der Waals surface area contributed by atoms with E-state index >= 15 is 0 Å². The number of fused-ring (bicyclic) bond motifs is 1. The Morgan fingerprint density at radius 2 is 1.73 bits per heavy atom. The second kappa shape index (κ2) is 8.42. The number of anilines is 2. The first-order valence-electron chi connectivity index (χ1n) is 9.08. The highest BCUT2D eigenvalue weighted by Crippen LogP contribution is 2.29. The van der Waals surface area contributed by atoms with Crippen LogP contribution < -0.4 is 15.4 Å². The van der Waals surface area contributed by atoms with Crippen molar-refractivity contribution in [3.63, 3.8) is 0 Å². The number of halogens is 1. The van der Waals surface area contributed by atoms with Crippen molar-refractivity contribution in [3.8, 4) is 5.75 Å². The van der Waals surface area contributed by atoms with Gasteiger partial charge in [0.2, 0.25) is 0 Å². The van der Waals surface area contributed by atoms with Crippen LogP contribution in [0.25, 0.3) is 11.0 Å². The monoisotopic (exact) mass is 464 g/mol. The highest BCUT2D eigenvalue weighted by molar-refractivity contribution is 9.10.